The van der Waals surface area contributed by atoms with Gasteiger partial charge in [-0.25, -0.2) is 4.79 Å². The Morgan fingerprint density at radius 2 is 1.95 bits per heavy atom. The normalized spacial score (nSPS) is 25.6. The van der Waals surface area contributed by atoms with Crippen molar-refractivity contribution in [3.63, 3.8) is 0 Å². The van der Waals surface area contributed by atoms with E-state index in [4.69, 9.17) is 4.74 Å². The van der Waals surface area contributed by atoms with Gasteiger partial charge in [0.05, 0.1) is 0 Å². The number of nitrogens with zero attached hydrogens (tertiary/aromatic N) is 2. The molecule has 19 heavy (non-hydrogen) atoms. The summed E-state index contributed by atoms with van der Waals surface area (Å²) in [6.07, 6.45) is 0.943. The molecule has 5 heteroatoms. The second-order valence-electron chi connectivity index (χ2n) is 6.63. The number of hydrogen-bond donors (Lipinski definition) is 1. The van der Waals surface area contributed by atoms with Gasteiger partial charge in [-0.15, -0.1) is 0 Å². The van der Waals surface area contributed by atoms with E-state index in [9.17, 15) is 4.79 Å². The summed E-state index contributed by atoms with van der Waals surface area (Å²) in [5.74, 6) is 0.602. The zero-order valence-electron chi connectivity index (χ0n) is 12.4. The first-order chi connectivity index (χ1) is 8.94. The number of rotatable bonds is 2. The highest BCUT2D eigenvalue weighted by molar-refractivity contribution is 5.68. The summed E-state index contributed by atoms with van der Waals surface area (Å²) in [7, 11) is 0. The third kappa shape index (κ3) is 4.66. The lowest BCUT2D eigenvalue weighted by atomic mass is 10.1. The van der Waals surface area contributed by atoms with Gasteiger partial charge < -0.3 is 19.9 Å². The van der Waals surface area contributed by atoms with Gasteiger partial charge in [-0.3, -0.25) is 0 Å². The van der Waals surface area contributed by atoms with E-state index in [1.165, 1.54) is 0 Å². The summed E-state index contributed by atoms with van der Waals surface area (Å²) in [4.78, 5) is 16.3. The van der Waals surface area contributed by atoms with Crippen LogP contribution >= 0.6 is 0 Å². The molecule has 2 rings (SSSR count). The highest BCUT2D eigenvalue weighted by Crippen LogP contribution is 2.20. The van der Waals surface area contributed by atoms with Crippen molar-refractivity contribution >= 4 is 6.09 Å². The quantitative estimate of drug-likeness (QED) is 0.817. The Labute approximate surface area is 116 Å². The van der Waals surface area contributed by atoms with Crippen molar-refractivity contribution in [3.05, 3.63) is 0 Å². The Morgan fingerprint density at radius 1 is 1.26 bits per heavy atom. The molecule has 0 spiro atoms. The number of likely N-dealkylation sites (tertiary alicyclic amines) is 1. The SMILES string of the molecule is CC(C)(C)OC(=O)N1CC[C@H](CN2CCNCC2)C1. The maximum atomic E-state index is 12.0. The fourth-order valence-electron chi connectivity index (χ4n) is 2.73. The maximum absolute atomic E-state index is 12.0. The van der Waals surface area contributed by atoms with E-state index in [1.54, 1.807) is 0 Å². The Morgan fingerprint density at radius 3 is 2.58 bits per heavy atom. The molecule has 0 bridgehead atoms. The van der Waals surface area contributed by atoms with Crippen LogP contribution in [-0.4, -0.2) is 67.3 Å². The number of ether oxygens (including phenoxy) is 1. The van der Waals surface area contributed by atoms with Crippen molar-refractivity contribution in [1.29, 1.82) is 0 Å². The first-order valence-corrected chi connectivity index (χ1v) is 7.35. The predicted molar refractivity (Wildman–Crippen MR) is 75.2 cm³/mol. The molecular formula is C14H27N3O2. The molecule has 5 nitrogen and oxygen atoms in total. The largest absolute Gasteiger partial charge is 0.444 e. The molecule has 2 fully saturated rings. The van der Waals surface area contributed by atoms with Gasteiger partial charge in [0, 0.05) is 45.8 Å². The summed E-state index contributed by atoms with van der Waals surface area (Å²) >= 11 is 0. The molecule has 0 aliphatic carbocycles. The third-order valence-corrected chi connectivity index (χ3v) is 3.66. The van der Waals surface area contributed by atoms with Crippen LogP contribution in [0.5, 0.6) is 0 Å². The van der Waals surface area contributed by atoms with Crippen molar-refractivity contribution in [2.75, 3.05) is 45.8 Å². The first-order valence-electron chi connectivity index (χ1n) is 7.35. The monoisotopic (exact) mass is 269 g/mol. The van der Waals surface area contributed by atoms with E-state index in [0.717, 1.165) is 52.2 Å². The molecule has 1 atom stereocenters. The van der Waals surface area contributed by atoms with Gasteiger partial charge >= 0.3 is 6.09 Å². The summed E-state index contributed by atoms with van der Waals surface area (Å²) in [6, 6.07) is 0. The van der Waals surface area contributed by atoms with E-state index < -0.39 is 5.60 Å². The molecule has 1 amide bonds. The van der Waals surface area contributed by atoms with Gasteiger partial charge in [-0.1, -0.05) is 0 Å². The molecule has 2 saturated heterocycles. The fraction of sp³-hybridized carbons (Fsp3) is 0.929. The predicted octanol–water partition coefficient (Wildman–Crippen LogP) is 1.15. The second kappa shape index (κ2) is 6.09. The summed E-state index contributed by atoms with van der Waals surface area (Å²) in [5, 5.41) is 3.37. The van der Waals surface area contributed by atoms with E-state index in [-0.39, 0.29) is 6.09 Å². The van der Waals surface area contributed by atoms with E-state index in [2.05, 4.69) is 10.2 Å². The highest BCUT2D eigenvalue weighted by atomic mass is 16.6. The lowest BCUT2D eigenvalue weighted by Crippen LogP contribution is -2.45. The molecule has 0 saturated carbocycles. The Kier molecular flexibility index (Phi) is 4.68. The highest BCUT2D eigenvalue weighted by Gasteiger charge is 2.30. The molecule has 0 radical (unpaired) electrons. The summed E-state index contributed by atoms with van der Waals surface area (Å²) < 4.78 is 5.42. The van der Waals surface area contributed by atoms with Gasteiger partial charge in [0.25, 0.3) is 0 Å². The molecule has 2 heterocycles. The van der Waals surface area contributed by atoms with Crippen LogP contribution in [0.25, 0.3) is 0 Å². The molecule has 0 aromatic carbocycles. The first kappa shape index (κ1) is 14.6. The van der Waals surface area contributed by atoms with Crippen LogP contribution in [0.4, 0.5) is 4.79 Å². The number of carbonyl (C=O) groups excluding carboxylic acids is 1. The van der Waals surface area contributed by atoms with Gasteiger partial charge in [-0.05, 0) is 33.1 Å². The zero-order chi connectivity index (χ0) is 13.9. The molecule has 0 aromatic rings. The molecule has 110 valence electrons. The minimum absolute atomic E-state index is 0.157. The number of hydrogen-bond acceptors (Lipinski definition) is 4. The Balaban J connectivity index is 1.74. The van der Waals surface area contributed by atoms with Crippen LogP contribution in [0.1, 0.15) is 27.2 Å². The fourth-order valence-corrected chi connectivity index (χ4v) is 2.73. The van der Waals surface area contributed by atoms with Crippen LogP contribution in [0.3, 0.4) is 0 Å². The van der Waals surface area contributed by atoms with Crippen molar-refractivity contribution in [2.45, 2.75) is 32.8 Å². The van der Waals surface area contributed by atoms with Crippen molar-refractivity contribution in [1.82, 2.24) is 15.1 Å². The van der Waals surface area contributed by atoms with Crippen LogP contribution < -0.4 is 5.32 Å². The molecule has 1 N–H and O–H groups in total. The lowest BCUT2D eigenvalue weighted by Gasteiger charge is -2.29. The Hall–Kier alpha value is -0.810. The number of carbonyl (C=O) groups is 1. The molecule has 0 aromatic heterocycles. The molecular weight excluding hydrogens is 242 g/mol. The van der Waals surface area contributed by atoms with Crippen molar-refractivity contribution in [3.8, 4) is 0 Å². The van der Waals surface area contributed by atoms with Crippen LogP contribution in [0, 0.1) is 5.92 Å². The zero-order valence-corrected chi connectivity index (χ0v) is 12.4. The lowest BCUT2D eigenvalue weighted by molar-refractivity contribution is 0.0285. The molecule has 2 aliphatic heterocycles. The van der Waals surface area contributed by atoms with E-state index in [0.29, 0.717) is 5.92 Å². The standard InChI is InChI=1S/C14H27N3O2/c1-14(2,3)19-13(18)17-7-4-12(11-17)10-16-8-5-15-6-9-16/h12,15H,4-11H2,1-3H3/t12-/m1/s1. The van der Waals surface area contributed by atoms with Gasteiger partial charge in [0.2, 0.25) is 0 Å². The number of piperazine rings is 1. The van der Waals surface area contributed by atoms with Gasteiger partial charge in [0.1, 0.15) is 5.60 Å². The Bertz CT molecular complexity index is 308. The topological polar surface area (TPSA) is 44.8 Å². The third-order valence-electron chi connectivity index (χ3n) is 3.66. The van der Waals surface area contributed by atoms with Gasteiger partial charge in [0.15, 0.2) is 0 Å². The average Bonchev–Trinajstić information content (AvgIpc) is 2.77. The molecule has 2 aliphatic rings. The molecule has 0 unspecified atom stereocenters. The minimum Gasteiger partial charge on any atom is -0.444 e. The van der Waals surface area contributed by atoms with Crippen LogP contribution in [0.2, 0.25) is 0 Å². The number of amides is 1. The smallest absolute Gasteiger partial charge is 0.410 e. The number of nitrogens with one attached hydrogen (secondary N) is 1. The second-order valence-corrected chi connectivity index (χ2v) is 6.63. The van der Waals surface area contributed by atoms with E-state index in [1.807, 2.05) is 25.7 Å². The summed E-state index contributed by atoms with van der Waals surface area (Å²) in [6.45, 7) is 13.0. The van der Waals surface area contributed by atoms with Crippen molar-refractivity contribution < 1.29 is 9.53 Å². The van der Waals surface area contributed by atoms with Crippen LogP contribution in [0.15, 0.2) is 0 Å². The van der Waals surface area contributed by atoms with Crippen LogP contribution in [-0.2, 0) is 4.74 Å². The maximum Gasteiger partial charge on any atom is 0.410 e. The average molecular weight is 269 g/mol. The van der Waals surface area contributed by atoms with Gasteiger partial charge in [-0.2, -0.15) is 0 Å². The van der Waals surface area contributed by atoms with Crippen molar-refractivity contribution in [2.24, 2.45) is 5.92 Å². The van der Waals surface area contributed by atoms with E-state index >= 15 is 0 Å². The summed E-state index contributed by atoms with van der Waals surface area (Å²) in [5.41, 5.74) is -0.395. The minimum atomic E-state index is -0.395.